The summed E-state index contributed by atoms with van der Waals surface area (Å²) < 4.78 is 20.6. The van der Waals surface area contributed by atoms with Crippen LogP contribution in [0.3, 0.4) is 0 Å². The van der Waals surface area contributed by atoms with Crippen molar-refractivity contribution < 1.29 is 23.5 Å². The molecule has 47 heavy (non-hydrogen) atoms. The predicted molar refractivity (Wildman–Crippen MR) is 177 cm³/mol. The molecule has 0 bridgehead atoms. The van der Waals surface area contributed by atoms with E-state index < -0.39 is 47.1 Å². The molecule has 8 rings (SSSR count). The van der Waals surface area contributed by atoms with Crippen LogP contribution in [-0.2, 0) is 19.7 Å². The first-order valence-corrected chi connectivity index (χ1v) is 15.5. The quantitative estimate of drug-likeness (QED) is 0.162. The van der Waals surface area contributed by atoms with E-state index in [0.29, 0.717) is 11.3 Å². The summed E-state index contributed by atoms with van der Waals surface area (Å²) in [6.07, 6.45) is 3.05. The van der Waals surface area contributed by atoms with Crippen molar-refractivity contribution in [2.24, 2.45) is 5.92 Å². The van der Waals surface area contributed by atoms with Crippen LogP contribution in [0.1, 0.15) is 38.7 Å². The van der Waals surface area contributed by atoms with E-state index in [1.54, 1.807) is 6.07 Å². The monoisotopic (exact) mass is 620 g/mol. The number of benzene rings is 5. The summed E-state index contributed by atoms with van der Waals surface area (Å²) in [5.41, 5.74) is 2.98. The van der Waals surface area contributed by atoms with Gasteiger partial charge in [-0.2, -0.15) is 0 Å². The highest BCUT2D eigenvalue weighted by Crippen LogP contribution is 2.58. The first-order chi connectivity index (χ1) is 23.0. The summed E-state index contributed by atoms with van der Waals surface area (Å²) in [6, 6.07) is 37.2. The fourth-order valence-electron chi connectivity index (χ4n) is 7.64. The topological polar surface area (TPSA) is 75.7 Å². The number of halogens is 1. The molecule has 0 aliphatic carbocycles. The zero-order valence-corrected chi connectivity index (χ0v) is 25.1. The summed E-state index contributed by atoms with van der Waals surface area (Å²) in [5, 5.41) is 3.03. The standard InChI is InChI=1S/C40H29FN2O4/c41-29-22-19-26(20-23-29)36(44)35-34(38(45)47-37(27-12-3-1-4-13-27)28-14-5-2-6-15-28)40(30-16-8-9-17-31(30)42-39(40)46)33-24-21-25-11-7-10-18-32(25)43(33)35/h1-24,33-35,37H,(H,42,46)/t33-,34+,35-,40-/m0/s1. The minimum atomic E-state index is -1.52. The average Bonchev–Trinajstić information content (AvgIpc) is 3.60. The van der Waals surface area contributed by atoms with Crippen LogP contribution in [0.2, 0.25) is 0 Å². The Balaban J connectivity index is 1.36. The molecule has 1 amide bonds. The van der Waals surface area contributed by atoms with E-state index in [-0.39, 0.29) is 11.5 Å². The number of amides is 1. The number of ether oxygens (including phenoxy) is 1. The van der Waals surface area contributed by atoms with E-state index >= 15 is 4.79 Å². The SMILES string of the molecule is O=C(c1ccc(F)cc1)[C@@H]1[C@H](C(=O)OC(c2ccccc2)c2ccccc2)[C@@]2(C(=O)Nc3ccccc32)[C@@H]2C=Cc3ccccc3N12. The highest BCUT2D eigenvalue weighted by atomic mass is 19.1. The van der Waals surface area contributed by atoms with Crippen molar-refractivity contribution in [1.29, 1.82) is 0 Å². The second kappa shape index (κ2) is 11.2. The Hall–Kier alpha value is -5.82. The number of hydrogen-bond acceptors (Lipinski definition) is 5. The number of Topliss-reactive ketones (excluding diaryl/α,β-unsaturated/α-hetero) is 1. The summed E-state index contributed by atoms with van der Waals surface area (Å²) in [7, 11) is 0. The van der Waals surface area contributed by atoms with Gasteiger partial charge < -0.3 is 15.0 Å². The van der Waals surface area contributed by atoms with Gasteiger partial charge in [-0.3, -0.25) is 14.4 Å². The molecule has 3 aliphatic rings. The number of nitrogens with zero attached hydrogens (tertiary/aromatic N) is 1. The van der Waals surface area contributed by atoms with Crippen LogP contribution >= 0.6 is 0 Å². The van der Waals surface area contributed by atoms with Crippen LogP contribution in [0.5, 0.6) is 0 Å². The minimum Gasteiger partial charge on any atom is -0.452 e. The van der Waals surface area contributed by atoms with Gasteiger partial charge in [-0.25, -0.2) is 4.39 Å². The van der Waals surface area contributed by atoms with Crippen molar-refractivity contribution in [2.45, 2.75) is 23.6 Å². The molecule has 3 heterocycles. The Morgan fingerprint density at radius 2 is 1.38 bits per heavy atom. The smallest absolute Gasteiger partial charge is 0.314 e. The number of anilines is 2. The van der Waals surface area contributed by atoms with E-state index in [2.05, 4.69) is 5.32 Å². The number of ketones is 1. The Kier molecular flexibility index (Phi) is 6.83. The molecule has 6 nitrogen and oxygen atoms in total. The lowest BCUT2D eigenvalue weighted by atomic mass is 9.66. The average molecular weight is 621 g/mol. The molecule has 1 saturated heterocycles. The summed E-state index contributed by atoms with van der Waals surface area (Å²) >= 11 is 0. The molecular formula is C40H29FN2O4. The van der Waals surface area contributed by atoms with Gasteiger partial charge in [-0.05, 0) is 58.7 Å². The van der Waals surface area contributed by atoms with E-state index in [9.17, 15) is 14.0 Å². The van der Waals surface area contributed by atoms with Gasteiger partial charge in [0.2, 0.25) is 5.91 Å². The van der Waals surface area contributed by atoms with Crippen LogP contribution in [-0.4, -0.2) is 29.7 Å². The van der Waals surface area contributed by atoms with Gasteiger partial charge in [-0.15, -0.1) is 0 Å². The molecule has 5 aromatic carbocycles. The van der Waals surface area contributed by atoms with E-state index in [1.165, 1.54) is 24.3 Å². The Morgan fingerprint density at radius 1 is 0.766 bits per heavy atom. The summed E-state index contributed by atoms with van der Waals surface area (Å²) in [4.78, 5) is 46.4. The largest absolute Gasteiger partial charge is 0.452 e. The lowest BCUT2D eigenvalue weighted by Gasteiger charge is -2.37. The Labute approximate surface area is 271 Å². The molecule has 7 heteroatoms. The van der Waals surface area contributed by atoms with Crippen LogP contribution in [0.15, 0.2) is 140 Å². The van der Waals surface area contributed by atoms with Crippen LogP contribution < -0.4 is 10.2 Å². The molecule has 3 aliphatic heterocycles. The van der Waals surface area contributed by atoms with Gasteiger partial charge in [0.25, 0.3) is 0 Å². The van der Waals surface area contributed by atoms with Crippen molar-refractivity contribution in [3.05, 3.63) is 173 Å². The van der Waals surface area contributed by atoms with Gasteiger partial charge in [0.15, 0.2) is 11.9 Å². The van der Waals surface area contributed by atoms with Crippen molar-refractivity contribution >= 4 is 35.1 Å². The van der Waals surface area contributed by atoms with Crippen LogP contribution in [0, 0.1) is 11.7 Å². The Bertz CT molecular complexity index is 2010. The number of esters is 1. The molecule has 4 atom stereocenters. The zero-order chi connectivity index (χ0) is 32.1. The molecular weight excluding hydrogens is 591 g/mol. The molecule has 5 aromatic rings. The first kappa shape index (κ1) is 28.6. The number of carbonyl (C=O) groups excluding carboxylic acids is 3. The number of carbonyl (C=O) groups is 3. The number of fused-ring (bicyclic) bond motifs is 6. The van der Waals surface area contributed by atoms with Crippen molar-refractivity contribution in [3.8, 4) is 0 Å². The molecule has 1 fully saturated rings. The zero-order valence-electron chi connectivity index (χ0n) is 25.1. The predicted octanol–water partition coefficient (Wildman–Crippen LogP) is 7.13. The maximum absolute atomic E-state index is 15.1. The number of hydrogen-bond donors (Lipinski definition) is 1. The number of para-hydroxylation sites is 2. The van der Waals surface area contributed by atoms with Gasteiger partial charge in [0.05, 0.1) is 6.04 Å². The lowest BCUT2D eigenvalue weighted by Crippen LogP contribution is -2.51. The van der Waals surface area contributed by atoms with E-state index in [1.807, 2.05) is 120 Å². The number of rotatable bonds is 6. The summed E-state index contributed by atoms with van der Waals surface area (Å²) in [6.45, 7) is 0. The van der Waals surface area contributed by atoms with E-state index in [0.717, 1.165) is 22.4 Å². The Morgan fingerprint density at radius 3 is 2.09 bits per heavy atom. The summed E-state index contributed by atoms with van der Waals surface area (Å²) in [5.74, 6) is -3.24. The van der Waals surface area contributed by atoms with Gasteiger partial charge in [0, 0.05) is 16.9 Å². The highest BCUT2D eigenvalue weighted by Gasteiger charge is 2.71. The lowest BCUT2D eigenvalue weighted by molar-refractivity contribution is -0.156. The molecule has 1 N–H and O–H groups in total. The second-order valence-electron chi connectivity index (χ2n) is 12.1. The third-order valence-corrected chi connectivity index (χ3v) is 9.63. The fourth-order valence-corrected chi connectivity index (χ4v) is 7.64. The van der Waals surface area contributed by atoms with Crippen LogP contribution in [0.25, 0.3) is 6.08 Å². The van der Waals surface area contributed by atoms with Gasteiger partial charge >= 0.3 is 5.97 Å². The van der Waals surface area contributed by atoms with Gasteiger partial charge in [-0.1, -0.05) is 109 Å². The van der Waals surface area contributed by atoms with Crippen LogP contribution in [0.4, 0.5) is 15.8 Å². The van der Waals surface area contributed by atoms with Crippen molar-refractivity contribution in [3.63, 3.8) is 0 Å². The molecule has 0 saturated carbocycles. The molecule has 230 valence electrons. The third kappa shape index (κ3) is 4.41. The highest BCUT2D eigenvalue weighted by molar-refractivity contribution is 6.15. The third-order valence-electron chi connectivity index (χ3n) is 9.63. The van der Waals surface area contributed by atoms with E-state index in [4.69, 9.17) is 4.74 Å². The molecule has 0 radical (unpaired) electrons. The molecule has 0 aromatic heterocycles. The van der Waals surface area contributed by atoms with Gasteiger partial charge in [0.1, 0.15) is 23.2 Å². The molecule has 0 unspecified atom stereocenters. The number of nitrogens with one attached hydrogen (secondary N) is 1. The first-order valence-electron chi connectivity index (χ1n) is 15.5. The fraction of sp³-hybridized carbons (Fsp3) is 0.125. The molecule has 1 spiro atoms. The maximum atomic E-state index is 15.1. The van der Waals surface area contributed by atoms with Crippen molar-refractivity contribution in [1.82, 2.24) is 0 Å². The normalized spacial score (nSPS) is 22.0. The minimum absolute atomic E-state index is 0.228. The van der Waals surface area contributed by atoms with Crippen molar-refractivity contribution in [2.75, 3.05) is 10.2 Å². The second-order valence-corrected chi connectivity index (χ2v) is 12.1. The maximum Gasteiger partial charge on any atom is 0.314 e.